The Hall–Kier alpha value is -2.22. The van der Waals surface area contributed by atoms with E-state index in [-0.39, 0.29) is 0 Å². The Balaban J connectivity index is 1.98. The third-order valence-corrected chi connectivity index (χ3v) is 4.75. The molecule has 0 atom stereocenters. The van der Waals surface area contributed by atoms with Crippen molar-refractivity contribution in [3.8, 4) is 17.3 Å². The van der Waals surface area contributed by atoms with Gasteiger partial charge in [-0.1, -0.05) is 29.8 Å². The van der Waals surface area contributed by atoms with E-state index in [1.807, 2.05) is 22.9 Å². The van der Waals surface area contributed by atoms with Gasteiger partial charge in [0, 0.05) is 16.2 Å². The minimum atomic E-state index is 0.450. The van der Waals surface area contributed by atoms with Gasteiger partial charge in [0.1, 0.15) is 6.07 Å². The molecular formula is C19H16ClN3S. The first-order valence-electron chi connectivity index (χ1n) is 7.51. The maximum Gasteiger partial charge on any atom is 0.101 e. The highest BCUT2D eigenvalue weighted by atomic mass is 35.5. The van der Waals surface area contributed by atoms with Crippen LogP contribution in [0, 0.1) is 25.2 Å². The van der Waals surface area contributed by atoms with E-state index < -0.39 is 0 Å². The van der Waals surface area contributed by atoms with Crippen LogP contribution in [-0.4, -0.2) is 9.78 Å². The number of hydrogen-bond acceptors (Lipinski definition) is 3. The van der Waals surface area contributed by atoms with Crippen LogP contribution < -0.4 is 0 Å². The fourth-order valence-corrected chi connectivity index (χ4v) is 2.96. The lowest BCUT2D eigenvalue weighted by Gasteiger charge is -2.05. The van der Waals surface area contributed by atoms with Gasteiger partial charge >= 0.3 is 0 Å². The number of benzene rings is 2. The van der Waals surface area contributed by atoms with E-state index in [0.29, 0.717) is 17.1 Å². The highest BCUT2D eigenvalue weighted by molar-refractivity contribution is 7.80. The van der Waals surface area contributed by atoms with Gasteiger partial charge in [0.25, 0.3) is 0 Å². The maximum absolute atomic E-state index is 9.01. The van der Waals surface area contributed by atoms with Crippen molar-refractivity contribution in [2.75, 3.05) is 0 Å². The van der Waals surface area contributed by atoms with E-state index in [1.54, 1.807) is 12.1 Å². The molecule has 0 bridgehead atoms. The maximum atomic E-state index is 9.01. The van der Waals surface area contributed by atoms with E-state index in [2.05, 4.69) is 44.7 Å². The number of halogens is 1. The van der Waals surface area contributed by atoms with Crippen LogP contribution in [0.15, 0.2) is 47.4 Å². The van der Waals surface area contributed by atoms with Crippen molar-refractivity contribution < 1.29 is 0 Å². The summed E-state index contributed by atoms with van der Waals surface area (Å²) in [7, 11) is 0. The van der Waals surface area contributed by atoms with Gasteiger partial charge in [-0.05, 0) is 49.2 Å². The fourth-order valence-electron chi connectivity index (χ4n) is 2.59. The molecule has 3 nitrogen and oxygen atoms in total. The number of aromatic nitrogens is 2. The van der Waals surface area contributed by atoms with Crippen LogP contribution in [0.2, 0.25) is 5.02 Å². The number of nitriles is 1. The van der Waals surface area contributed by atoms with Gasteiger partial charge in [-0.15, -0.1) is 12.6 Å². The standard InChI is InChI=1S/C19H16ClN3S/c1-12-13(2)23(11-14-3-7-17(24)8-4-14)22-19(12)15-5-6-16(10-21)18(20)9-15/h3-9,24H,11H2,1-2H3. The summed E-state index contributed by atoms with van der Waals surface area (Å²) in [4.78, 5) is 0.944. The van der Waals surface area contributed by atoms with Gasteiger partial charge in [0.15, 0.2) is 0 Å². The van der Waals surface area contributed by atoms with Crippen LogP contribution >= 0.6 is 24.2 Å². The molecule has 0 radical (unpaired) electrons. The van der Waals surface area contributed by atoms with E-state index >= 15 is 0 Å². The van der Waals surface area contributed by atoms with Gasteiger partial charge in [0.05, 0.1) is 22.8 Å². The van der Waals surface area contributed by atoms with Crippen molar-refractivity contribution in [2.45, 2.75) is 25.3 Å². The molecule has 24 heavy (non-hydrogen) atoms. The van der Waals surface area contributed by atoms with E-state index in [0.717, 1.165) is 27.4 Å². The monoisotopic (exact) mass is 353 g/mol. The molecule has 120 valence electrons. The van der Waals surface area contributed by atoms with Gasteiger partial charge in [0.2, 0.25) is 0 Å². The average molecular weight is 354 g/mol. The summed E-state index contributed by atoms with van der Waals surface area (Å²) >= 11 is 10.5. The lowest BCUT2D eigenvalue weighted by Crippen LogP contribution is -2.03. The van der Waals surface area contributed by atoms with Crippen LogP contribution in [0.1, 0.15) is 22.4 Å². The Morgan fingerprint density at radius 1 is 1.17 bits per heavy atom. The quantitative estimate of drug-likeness (QED) is 0.671. The summed E-state index contributed by atoms with van der Waals surface area (Å²) in [6.45, 7) is 4.81. The summed E-state index contributed by atoms with van der Waals surface area (Å²) < 4.78 is 1.99. The average Bonchev–Trinajstić information content (AvgIpc) is 2.85. The van der Waals surface area contributed by atoms with Crippen molar-refractivity contribution in [3.05, 3.63) is 69.9 Å². The molecule has 0 aliphatic carbocycles. The molecule has 1 heterocycles. The van der Waals surface area contributed by atoms with E-state index in [4.69, 9.17) is 22.0 Å². The molecular weight excluding hydrogens is 338 g/mol. The molecule has 3 aromatic rings. The van der Waals surface area contributed by atoms with Crippen LogP contribution in [-0.2, 0) is 6.54 Å². The lowest BCUT2D eigenvalue weighted by atomic mass is 10.1. The van der Waals surface area contributed by atoms with E-state index in [9.17, 15) is 0 Å². The second kappa shape index (κ2) is 6.72. The molecule has 0 fully saturated rings. The van der Waals surface area contributed by atoms with Gasteiger partial charge in [-0.2, -0.15) is 10.4 Å². The molecule has 0 N–H and O–H groups in total. The Morgan fingerprint density at radius 3 is 2.50 bits per heavy atom. The third kappa shape index (κ3) is 3.19. The van der Waals surface area contributed by atoms with Gasteiger partial charge in [-0.25, -0.2) is 0 Å². The Labute approximate surface area is 151 Å². The predicted octanol–water partition coefficient (Wildman–Crippen LogP) is 5.03. The molecule has 0 spiro atoms. The van der Waals surface area contributed by atoms with Crippen LogP contribution in [0.25, 0.3) is 11.3 Å². The molecule has 2 aromatic carbocycles. The Morgan fingerprint density at radius 2 is 1.88 bits per heavy atom. The van der Waals surface area contributed by atoms with E-state index in [1.165, 1.54) is 5.56 Å². The van der Waals surface area contributed by atoms with Crippen LogP contribution in [0.5, 0.6) is 0 Å². The second-order valence-corrected chi connectivity index (χ2v) is 6.61. The molecule has 0 saturated heterocycles. The van der Waals surface area contributed by atoms with Crippen LogP contribution in [0.3, 0.4) is 0 Å². The summed E-state index contributed by atoms with van der Waals surface area (Å²) in [6.07, 6.45) is 0. The smallest absolute Gasteiger partial charge is 0.101 e. The topological polar surface area (TPSA) is 41.6 Å². The van der Waals surface area contributed by atoms with Crippen molar-refractivity contribution in [1.82, 2.24) is 9.78 Å². The first-order chi connectivity index (χ1) is 11.5. The summed E-state index contributed by atoms with van der Waals surface area (Å²) in [5, 5.41) is 14.2. The normalized spacial score (nSPS) is 10.6. The fraction of sp³-hybridized carbons (Fsp3) is 0.158. The van der Waals surface area contributed by atoms with Gasteiger partial charge in [-0.3, -0.25) is 4.68 Å². The van der Waals surface area contributed by atoms with Crippen LogP contribution in [0.4, 0.5) is 0 Å². The Kier molecular flexibility index (Phi) is 4.66. The minimum Gasteiger partial charge on any atom is -0.265 e. The third-order valence-electron chi connectivity index (χ3n) is 4.14. The molecule has 0 unspecified atom stereocenters. The molecule has 0 aliphatic heterocycles. The zero-order chi connectivity index (χ0) is 17.3. The number of nitrogens with zero attached hydrogens (tertiary/aromatic N) is 3. The van der Waals surface area contributed by atoms with Crippen molar-refractivity contribution in [2.24, 2.45) is 0 Å². The number of rotatable bonds is 3. The lowest BCUT2D eigenvalue weighted by molar-refractivity contribution is 0.666. The molecule has 0 aliphatic rings. The van der Waals surface area contributed by atoms with Crippen molar-refractivity contribution >= 4 is 24.2 Å². The largest absolute Gasteiger partial charge is 0.265 e. The zero-order valence-electron chi connectivity index (χ0n) is 13.4. The number of thiol groups is 1. The SMILES string of the molecule is Cc1c(-c2ccc(C#N)c(Cl)c2)nn(Cc2ccc(S)cc2)c1C. The summed E-state index contributed by atoms with van der Waals surface area (Å²) in [5.74, 6) is 0. The first-order valence-corrected chi connectivity index (χ1v) is 8.34. The molecule has 0 amide bonds. The van der Waals surface area contributed by atoms with Gasteiger partial charge < -0.3 is 0 Å². The van der Waals surface area contributed by atoms with Crippen molar-refractivity contribution in [3.63, 3.8) is 0 Å². The molecule has 1 aromatic heterocycles. The molecule has 5 heteroatoms. The first kappa shape index (κ1) is 16.6. The second-order valence-electron chi connectivity index (χ2n) is 5.69. The molecule has 0 saturated carbocycles. The predicted molar refractivity (Wildman–Crippen MR) is 99.7 cm³/mol. The summed E-state index contributed by atoms with van der Waals surface area (Å²) in [5.41, 5.74) is 5.68. The Bertz CT molecular complexity index is 936. The highest BCUT2D eigenvalue weighted by Crippen LogP contribution is 2.28. The minimum absolute atomic E-state index is 0.450. The molecule has 3 rings (SSSR count). The zero-order valence-corrected chi connectivity index (χ0v) is 15.1. The summed E-state index contributed by atoms with van der Waals surface area (Å²) in [6, 6.07) is 15.6. The van der Waals surface area contributed by atoms with Crippen molar-refractivity contribution in [1.29, 1.82) is 5.26 Å². The number of hydrogen-bond donors (Lipinski definition) is 1. The highest BCUT2D eigenvalue weighted by Gasteiger charge is 2.14.